The molecule has 19 heavy (non-hydrogen) atoms. The molecule has 1 heterocycles. The third-order valence-corrected chi connectivity index (χ3v) is 3.55. The van der Waals surface area contributed by atoms with Crippen molar-refractivity contribution in [3.05, 3.63) is 23.9 Å². The number of nitrogens with one attached hydrogen (secondary N) is 1. The first-order valence-corrected chi connectivity index (χ1v) is 7.13. The summed E-state index contributed by atoms with van der Waals surface area (Å²) in [5, 5.41) is 3.45. The van der Waals surface area contributed by atoms with Crippen LogP contribution in [0.15, 0.2) is 18.3 Å². The second-order valence-corrected chi connectivity index (χ2v) is 5.22. The SMILES string of the molecule is C#CCN(CC1CC1)c1ncccc1C(C)NCC. The molecule has 1 N–H and O–H groups in total. The molecule has 1 fully saturated rings. The minimum atomic E-state index is 0.299. The van der Waals surface area contributed by atoms with Crippen molar-refractivity contribution in [1.82, 2.24) is 10.3 Å². The van der Waals surface area contributed by atoms with Crippen molar-refractivity contribution in [2.45, 2.75) is 32.7 Å². The second-order valence-electron chi connectivity index (χ2n) is 5.22. The zero-order valence-corrected chi connectivity index (χ0v) is 11.9. The molecule has 3 nitrogen and oxygen atoms in total. The standard InChI is InChI=1S/C16H23N3/c1-4-11-19(12-14-8-9-14)16-15(7-6-10-18-16)13(3)17-5-2/h1,6-7,10,13-14,17H,5,8-9,11-12H2,2-3H3. The fourth-order valence-electron chi connectivity index (χ4n) is 2.38. The fraction of sp³-hybridized carbons (Fsp3) is 0.562. The summed E-state index contributed by atoms with van der Waals surface area (Å²) in [6.45, 7) is 6.92. The van der Waals surface area contributed by atoms with Gasteiger partial charge in [0.25, 0.3) is 0 Å². The third kappa shape index (κ3) is 3.71. The molecule has 0 aliphatic heterocycles. The first-order chi connectivity index (χ1) is 9.26. The molecule has 1 saturated carbocycles. The quantitative estimate of drug-likeness (QED) is 0.761. The number of hydrogen-bond donors (Lipinski definition) is 1. The van der Waals surface area contributed by atoms with Gasteiger partial charge in [-0.25, -0.2) is 4.98 Å². The molecular formula is C16H23N3. The zero-order chi connectivity index (χ0) is 13.7. The lowest BCUT2D eigenvalue weighted by Crippen LogP contribution is -2.30. The summed E-state index contributed by atoms with van der Waals surface area (Å²) in [4.78, 5) is 6.82. The van der Waals surface area contributed by atoms with Gasteiger partial charge in [-0.2, -0.15) is 0 Å². The molecule has 1 aliphatic rings. The lowest BCUT2D eigenvalue weighted by atomic mass is 10.1. The summed E-state index contributed by atoms with van der Waals surface area (Å²) in [5.74, 6) is 4.61. The van der Waals surface area contributed by atoms with Crippen molar-refractivity contribution in [3.8, 4) is 12.3 Å². The van der Waals surface area contributed by atoms with Gasteiger partial charge in [-0.05, 0) is 38.3 Å². The Kier molecular flexibility index (Phi) is 4.81. The molecule has 0 spiro atoms. The van der Waals surface area contributed by atoms with Gasteiger partial charge in [-0.15, -0.1) is 6.42 Å². The molecule has 1 aromatic heterocycles. The number of nitrogens with zero attached hydrogens (tertiary/aromatic N) is 2. The highest BCUT2D eigenvalue weighted by atomic mass is 15.2. The molecule has 0 saturated heterocycles. The zero-order valence-electron chi connectivity index (χ0n) is 11.9. The highest BCUT2D eigenvalue weighted by Crippen LogP contribution is 2.32. The summed E-state index contributed by atoms with van der Waals surface area (Å²) in [6.07, 6.45) is 10.0. The van der Waals surface area contributed by atoms with Gasteiger partial charge in [-0.3, -0.25) is 0 Å². The van der Waals surface area contributed by atoms with E-state index < -0.39 is 0 Å². The van der Waals surface area contributed by atoms with Crippen LogP contribution in [0.4, 0.5) is 5.82 Å². The number of pyridine rings is 1. The number of hydrogen-bond acceptors (Lipinski definition) is 3. The molecule has 0 radical (unpaired) electrons. The molecule has 0 aromatic carbocycles. The van der Waals surface area contributed by atoms with Crippen LogP contribution < -0.4 is 10.2 Å². The molecular weight excluding hydrogens is 234 g/mol. The van der Waals surface area contributed by atoms with E-state index in [-0.39, 0.29) is 0 Å². The largest absolute Gasteiger partial charge is 0.345 e. The van der Waals surface area contributed by atoms with Crippen molar-refractivity contribution >= 4 is 5.82 Å². The fourth-order valence-corrected chi connectivity index (χ4v) is 2.38. The van der Waals surface area contributed by atoms with Crippen molar-refractivity contribution in [3.63, 3.8) is 0 Å². The van der Waals surface area contributed by atoms with Crippen LogP contribution in [0.5, 0.6) is 0 Å². The third-order valence-electron chi connectivity index (χ3n) is 3.55. The first-order valence-electron chi connectivity index (χ1n) is 7.13. The van der Waals surface area contributed by atoms with E-state index in [1.165, 1.54) is 18.4 Å². The summed E-state index contributed by atoms with van der Waals surface area (Å²) >= 11 is 0. The van der Waals surface area contributed by atoms with E-state index in [1.807, 2.05) is 12.3 Å². The van der Waals surface area contributed by atoms with Crippen LogP contribution in [-0.4, -0.2) is 24.6 Å². The number of anilines is 1. The van der Waals surface area contributed by atoms with Gasteiger partial charge in [0.2, 0.25) is 0 Å². The minimum absolute atomic E-state index is 0.299. The van der Waals surface area contributed by atoms with E-state index >= 15 is 0 Å². The number of aromatic nitrogens is 1. The van der Waals surface area contributed by atoms with E-state index in [4.69, 9.17) is 6.42 Å². The summed E-state index contributed by atoms with van der Waals surface area (Å²) in [5.41, 5.74) is 1.24. The maximum Gasteiger partial charge on any atom is 0.134 e. The molecule has 102 valence electrons. The van der Waals surface area contributed by atoms with Crippen LogP contribution in [-0.2, 0) is 0 Å². The van der Waals surface area contributed by atoms with Gasteiger partial charge < -0.3 is 10.2 Å². The highest BCUT2D eigenvalue weighted by molar-refractivity contribution is 5.49. The van der Waals surface area contributed by atoms with Gasteiger partial charge in [0, 0.05) is 24.3 Å². The summed E-state index contributed by atoms with van der Waals surface area (Å²) < 4.78 is 0. The molecule has 0 bridgehead atoms. The second kappa shape index (κ2) is 6.58. The average Bonchev–Trinajstić information content (AvgIpc) is 3.22. The molecule has 1 atom stereocenters. The Balaban J connectivity index is 2.21. The first kappa shape index (κ1) is 13.9. The lowest BCUT2D eigenvalue weighted by molar-refractivity contribution is 0.592. The lowest BCUT2D eigenvalue weighted by Gasteiger charge is -2.26. The molecule has 1 aromatic rings. The molecule has 1 aliphatic carbocycles. The highest BCUT2D eigenvalue weighted by Gasteiger charge is 2.26. The van der Waals surface area contributed by atoms with Gasteiger partial charge >= 0.3 is 0 Å². The van der Waals surface area contributed by atoms with E-state index in [0.29, 0.717) is 12.6 Å². The monoisotopic (exact) mass is 257 g/mol. The Morgan fingerprint density at radius 1 is 1.58 bits per heavy atom. The van der Waals surface area contributed by atoms with Crippen LogP contribution in [0.2, 0.25) is 0 Å². The predicted octanol–water partition coefficient (Wildman–Crippen LogP) is 2.60. The van der Waals surface area contributed by atoms with Gasteiger partial charge in [0.05, 0.1) is 6.54 Å². The average molecular weight is 257 g/mol. The maximum absolute atomic E-state index is 5.51. The van der Waals surface area contributed by atoms with E-state index in [1.54, 1.807) is 0 Å². The van der Waals surface area contributed by atoms with E-state index in [9.17, 15) is 0 Å². The van der Waals surface area contributed by atoms with Crippen molar-refractivity contribution < 1.29 is 0 Å². The number of rotatable bonds is 7. The topological polar surface area (TPSA) is 28.2 Å². The molecule has 3 heteroatoms. The Morgan fingerprint density at radius 2 is 2.37 bits per heavy atom. The van der Waals surface area contributed by atoms with E-state index in [2.05, 4.69) is 41.0 Å². The van der Waals surface area contributed by atoms with Crippen molar-refractivity contribution in [1.29, 1.82) is 0 Å². The molecule has 1 unspecified atom stereocenters. The number of terminal acetylenes is 1. The predicted molar refractivity (Wildman–Crippen MR) is 80.1 cm³/mol. The van der Waals surface area contributed by atoms with E-state index in [0.717, 1.165) is 24.8 Å². The van der Waals surface area contributed by atoms with Crippen LogP contribution in [0.25, 0.3) is 0 Å². The van der Waals surface area contributed by atoms with Crippen LogP contribution in [0.1, 0.15) is 38.3 Å². The Hall–Kier alpha value is -1.53. The Bertz CT molecular complexity index is 446. The molecule has 0 amide bonds. The van der Waals surface area contributed by atoms with Gasteiger partial charge in [0.1, 0.15) is 5.82 Å². The Labute approximate surface area is 116 Å². The Morgan fingerprint density at radius 3 is 3.00 bits per heavy atom. The molecule has 2 rings (SSSR count). The minimum Gasteiger partial charge on any atom is -0.345 e. The van der Waals surface area contributed by atoms with Crippen LogP contribution >= 0.6 is 0 Å². The maximum atomic E-state index is 5.51. The van der Waals surface area contributed by atoms with Gasteiger partial charge in [0.15, 0.2) is 0 Å². The smallest absolute Gasteiger partial charge is 0.134 e. The summed E-state index contributed by atoms with van der Waals surface area (Å²) in [7, 11) is 0. The van der Waals surface area contributed by atoms with Crippen LogP contribution in [0, 0.1) is 18.3 Å². The van der Waals surface area contributed by atoms with Crippen LogP contribution in [0.3, 0.4) is 0 Å². The normalized spacial score (nSPS) is 15.8. The van der Waals surface area contributed by atoms with Gasteiger partial charge in [-0.1, -0.05) is 18.9 Å². The van der Waals surface area contributed by atoms with Crippen molar-refractivity contribution in [2.24, 2.45) is 5.92 Å². The summed E-state index contributed by atoms with van der Waals surface area (Å²) in [6, 6.07) is 4.44. The van der Waals surface area contributed by atoms with Crippen molar-refractivity contribution in [2.75, 3.05) is 24.5 Å².